The summed E-state index contributed by atoms with van der Waals surface area (Å²) >= 11 is 0. The van der Waals surface area contributed by atoms with E-state index in [1.54, 1.807) is 19.3 Å². The summed E-state index contributed by atoms with van der Waals surface area (Å²) in [5.41, 5.74) is 0.293. The minimum atomic E-state index is -0.999. The Morgan fingerprint density at radius 3 is 2.95 bits per heavy atom. The lowest BCUT2D eigenvalue weighted by Crippen LogP contribution is -2.39. The molecular formula is C15H19N3O3. The first-order valence-corrected chi connectivity index (χ1v) is 6.79. The van der Waals surface area contributed by atoms with Crippen LogP contribution < -0.4 is 10.2 Å². The van der Waals surface area contributed by atoms with Crippen LogP contribution in [0.1, 0.15) is 18.9 Å². The van der Waals surface area contributed by atoms with E-state index in [1.807, 2.05) is 17.9 Å². The summed E-state index contributed by atoms with van der Waals surface area (Å²) in [6, 6.07) is 3.58. The third-order valence-electron chi connectivity index (χ3n) is 3.77. The number of carboxylic acids is 1. The Balaban J connectivity index is 2.24. The molecule has 0 saturated carbocycles. The molecule has 1 amide bonds. The van der Waals surface area contributed by atoms with Crippen LogP contribution >= 0.6 is 0 Å². The van der Waals surface area contributed by atoms with Crippen molar-refractivity contribution in [2.75, 3.05) is 25.0 Å². The number of nitrogens with one attached hydrogen (secondary N) is 1. The molecule has 1 saturated heterocycles. The number of nitrogens with zero attached hydrogens (tertiary/aromatic N) is 2. The van der Waals surface area contributed by atoms with Crippen LogP contribution in [-0.4, -0.2) is 42.1 Å². The van der Waals surface area contributed by atoms with Crippen LogP contribution in [0, 0.1) is 5.41 Å². The number of carbonyl (C=O) groups excluding carboxylic acids is 1. The van der Waals surface area contributed by atoms with Crippen molar-refractivity contribution in [3.8, 4) is 0 Å². The monoisotopic (exact) mass is 289 g/mol. The Bertz CT molecular complexity index is 585. The van der Waals surface area contributed by atoms with Crippen molar-refractivity contribution >= 4 is 23.8 Å². The molecule has 2 rings (SSSR count). The van der Waals surface area contributed by atoms with E-state index in [4.69, 9.17) is 5.11 Å². The van der Waals surface area contributed by atoms with E-state index in [1.165, 1.54) is 6.08 Å². The predicted molar refractivity (Wildman–Crippen MR) is 79.9 cm³/mol. The minimum Gasteiger partial charge on any atom is -0.478 e. The van der Waals surface area contributed by atoms with Gasteiger partial charge in [0.15, 0.2) is 0 Å². The van der Waals surface area contributed by atoms with Gasteiger partial charge in [0.1, 0.15) is 5.82 Å². The van der Waals surface area contributed by atoms with E-state index in [2.05, 4.69) is 10.3 Å². The lowest BCUT2D eigenvalue weighted by atomic mass is 9.89. The molecule has 1 unspecified atom stereocenters. The third kappa shape index (κ3) is 3.21. The number of amides is 1. The molecule has 112 valence electrons. The molecule has 21 heavy (non-hydrogen) atoms. The largest absolute Gasteiger partial charge is 0.478 e. The number of hydrogen-bond acceptors (Lipinski definition) is 4. The molecule has 6 nitrogen and oxygen atoms in total. The fraction of sp³-hybridized carbons (Fsp3) is 0.400. The van der Waals surface area contributed by atoms with Crippen molar-refractivity contribution in [2.45, 2.75) is 13.3 Å². The van der Waals surface area contributed by atoms with Crippen LogP contribution in [-0.2, 0) is 9.59 Å². The van der Waals surface area contributed by atoms with E-state index in [0.29, 0.717) is 12.4 Å². The first-order valence-electron chi connectivity index (χ1n) is 6.79. The van der Waals surface area contributed by atoms with Gasteiger partial charge in [-0.2, -0.15) is 0 Å². The van der Waals surface area contributed by atoms with Crippen LogP contribution in [0.5, 0.6) is 0 Å². The highest BCUT2D eigenvalue weighted by molar-refractivity contribution is 5.87. The standard InChI is InChI=1S/C15H19N3O3/c1-15(14(21)16-2)7-9-18(10-15)13-11(4-3-8-17-13)5-6-12(19)20/h3-6,8H,7,9-10H2,1-2H3,(H,16,21)(H,19,20)/b6-5+. The Labute approximate surface area is 123 Å². The maximum atomic E-state index is 12.0. The second-order valence-corrected chi connectivity index (χ2v) is 5.40. The van der Waals surface area contributed by atoms with Crippen LogP contribution in [0.4, 0.5) is 5.82 Å². The molecule has 0 spiro atoms. The number of carboxylic acid groups (broad SMARTS) is 1. The number of carbonyl (C=O) groups is 2. The zero-order valence-electron chi connectivity index (χ0n) is 12.2. The smallest absolute Gasteiger partial charge is 0.328 e. The number of aromatic nitrogens is 1. The maximum absolute atomic E-state index is 12.0. The molecule has 1 atom stereocenters. The summed E-state index contributed by atoms with van der Waals surface area (Å²) in [6.07, 6.45) is 5.03. The molecule has 1 fully saturated rings. The van der Waals surface area contributed by atoms with Gasteiger partial charge in [0.25, 0.3) is 0 Å². The lowest BCUT2D eigenvalue weighted by Gasteiger charge is -2.24. The summed E-state index contributed by atoms with van der Waals surface area (Å²) in [5.74, 6) is -0.271. The number of hydrogen-bond donors (Lipinski definition) is 2. The summed E-state index contributed by atoms with van der Waals surface area (Å²) in [6.45, 7) is 3.22. The molecule has 2 N–H and O–H groups in total. The predicted octanol–water partition coefficient (Wildman–Crippen LogP) is 1.14. The first-order chi connectivity index (χ1) is 9.96. The SMILES string of the molecule is CNC(=O)C1(C)CCN(c2ncccc2/C=C/C(=O)O)C1. The molecule has 0 radical (unpaired) electrons. The van der Waals surface area contributed by atoms with Crippen molar-refractivity contribution in [3.05, 3.63) is 30.0 Å². The van der Waals surface area contributed by atoms with Crippen molar-refractivity contribution in [1.82, 2.24) is 10.3 Å². The highest BCUT2D eigenvalue weighted by atomic mass is 16.4. The summed E-state index contributed by atoms with van der Waals surface area (Å²) in [5, 5.41) is 11.4. The maximum Gasteiger partial charge on any atom is 0.328 e. The quantitative estimate of drug-likeness (QED) is 0.812. The molecule has 1 aliphatic heterocycles. The van der Waals surface area contributed by atoms with E-state index in [-0.39, 0.29) is 5.91 Å². The molecule has 0 aliphatic carbocycles. The van der Waals surface area contributed by atoms with Gasteiger partial charge >= 0.3 is 5.97 Å². The van der Waals surface area contributed by atoms with Crippen LogP contribution in [0.2, 0.25) is 0 Å². The Morgan fingerprint density at radius 1 is 1.52 bits per heavy atom. The van der Waals surface area contributed by atoms with Crippen molar-refractivity contribution in [2.24, 2.45) is 5.41 Å². The second-order valence-electron chi connectivity index (χ2n) is 5.40. The number of aliphatic carboxylic acids is 1. The van der Waals surface area contributed by atoms with Gasteiger partial charge in [-0.1, -0.05) is 0 Å². The first kappa shape index (κ1) is 15.0. The molecule has 1 aromatic rings. The summed E-state index contributed by atoms with van der Waals surface area (Å²) in [7, 11) is 1.64. The van der Waals surface area contributed by atoms with E-state index in [0.717, 1.165) is 24.6 Å². The van der Waals surface area contributed by atoms with Gasteiger partial charge in [-0.05, 0) is 31.6 Å². The number of rotatable bonds is 4. The zero-order chi connectivity index (χ0) is 15.5. The van der Waals surface area contributed by atoms with Gasteiger partial charge in [0, 0.05) is 38.0 Å². The highest BCUT2D eigenvalue weighted by Gasteiger charge is 2.40. The average Bonchev–Trinajstić information content (AvgIpc) is 2.88. The van der Waals surface area contributed by atoms with Gasteiger partial charge in [-0.3, -0.25) is 4.79 Å². The molecule has 0 bridgehead atoms. The number of anilines is 1. The van der Waals surface area contributed by atoms with Crippen LogP contribution in [0.15, 0.2) is 24.4 Å². The number of pyridine rings is 1. The normalized spacial score (nSPS) is 21.7. The van der Waals surface area contributed by atoms with Crippen LogP contribution in [0.25, 0.3) is 6.08 Å². The summed E-state index contributed by atoms with van der Waals surface area (Å²) in [4.78, 5) is 29.0. The Kier molecular flexibility index (Phi) is 4.26. The minimum absolute atomic E-state index is 0.0172. The fourth-order valence-corrected chi connectivity index (χ4v) is 2.59. The molecule has 1 aromatic heterocycles. The second kappa shape index (κ2) is 5.95. The Morgan fingerprint density at radius 2 is 2.29 bits per heavy atom. The Hall–Kier alpha value is -2.37. The van der Waals surface area contributed by atoms with E-state index < -0.39 is 11.4 Å². The highest BCUT2D eigenvalue weighted by Crippen LogP contribution is 2.34. The zero-order valence-corrected chi connectivity index (χ0v) is 12.2. The van der Waals surface area contributed by atoms with Crippen molar-refractivity contribution < 1.29 is 14.7 Å². The van der Waals surface area contributed by atoms with E-state index in [9.17, 15) is 9.59 Å². The molecule has 6 heteroatoms. The molecular weight excluding hydrogens is 270 g/mol. The lowest BCUT2D eigenvalue weighted by molar-refractivity contribution is -0.131. The van der Waals surface area contributed by atoms with Crippen molar-refractivity contribution in [3.63, 3.8) is 0 Å². The molecule has 0 aromatic carbocycles. The van der Waals surface area contributed by atoms with Gasteiger partial charge in [-0.25, -0.2) is 9.78 Å². The van der Waals surface area contributed by atoms with Gasteiger partial charge in [-0.15, -0.1) is 0 Å². The fourth-order valence-electron chi connectivity index (χ4n) is 2.59. The third-order valence-corrected chi connectivity index (χ3v) is 3.77. The average molecular weight is 289 g/mol. The summed E-state index contributed by atoms with van der Waals surface area (Å²) < 4.78 is 0. The molecule has 1 aliphatic rings. The molecule has 2 heterocycles. The topological polar surface area (TPSA) is 82.5 Å². The van der Waals surface area contributed by atoms with Gasteiger partial charge in [0.05, 0.1) is 5.41 Å². The van der Waals surface area contributed by atoms with Crippen LogP contribution in [0.3, 0.4) is 0 Å². The van der Waals surface area contributed by atoms with E-state index >= 15 is 0 Å². The van der Waals surface area contributed by atoms with Gasteiger partial charge in [0.2, 0.25) is 5.91 Å². The van der Waals surface area contributed by atoms with Gasteiger partial charge < -0.3 is 15.3 Å². The van der Waals surface area contributed by atoms with Crippen molar-refractivity contribution in [1.29, 1.82) is 0 Å².